The number of hydrogen-bond acceptors (Lipinski definition) is 9. The minimum absolute atomic E-state index is 0.140. The maximum Gasteiger partial charge on any atom is 0.333 e. The van der Waals surface area contributed by atoms with Crippen LogP contribution in [0.2, 0.25) is 0 Å². The molecule has 44 heavy (non-hydrogen) atoms. The van der Waals surface area contributed by atoms with Crippen LogP contribution in [0.5, 0.6) is 5.75 Å². The summed E-state index contributed by atoms with van der Waals surface area (Å²) < 4.78 is 19.7. The normalized spacial score (nSPS) is 14.0. The van der Waals surface area contributed by atoms with Crippen molar-refractivity contribution >= 4 is 40.4 Å². The quantitative estimate of drug-likeness (QED) is 0.207. The highest BCUT2D eigenvalue weighted by Crippen LogP contribution is 2.31. The van der Waals surface area contributed by atoms with E-state index in [9.17, 15) is 14.4 Å². The van der Waals surface area contributed by atoms with Crippen molar-refractivity contribution in [3.05, 3.63) is 74.7 Å². The number of benzene rings is 1. The highest BCUT2D eigenvalue weighted by atomic mass is 32.1. The Morgan fingerprint density at radius 3 is 2.50 bits per heavy atom. The summed E-state index contributed by atoms with van der Waals surface area (Å²) >= 11 is 5.05. The Balaban J connectivity index is 0.000000479. The fourth-order valence-electron chi connectivity index (χ4n) is 5.10. The molecule has 4 aromatic rings. The molecule has 0 saturated carbocycles. The number of nitrogens with one attached hydrogen (secondary N) is 1. The van der Waals surface area contributed by atoms with Gasteiger partial charge < -0.3 is 19.0 Å². The number of nitrogens with zero attached hydrogens (tertiary/aromatic N) is 4. The van der Waals surface area contributed by atoms with E-state index in [4.69, 9.17) is 13.7 Å². The zero-order chi connectivity index (χ0) is 32.0. The van der Waals surface area contributed by atoms with Crippen LogP contribution in [0.1, 0.15) is 51.7 Å². The highest BCUT2D eigenvalue weighted by Gasteiger charge is 2.35. The predicted octanol–water partition coefficient (Wildman–Crippen LogP) is 4.26. The third-order valence-electron chi connectivity index (χ3n) is 7.55. The van der Waals surface area contributed by atoms with E-state index >= 15 is 0 Å². The average molecular weight is 644 g/mol. The molecule has 0 atom stereocenters. The lowest BCUT2D eigenvalue weighted by Crippen LogP contribution is -2.56. The second-order valence-electron chi connectivity index (χ2n) is 11.4. The first kappa shape index (κ1) is 33.5. The van der Waals surface area contributed by atoms with Crippen LogP contribution in [-0.2, 0) is 32.2 Å². The molecule has 13 heteroatoms. The van der Waals surface area contributed by atoms with Crippen LogP contribution in [0.4, 0.5) is 0 Å². The average Bonchev–Trinajstić information content (AvgIpc) is 3.66. The van der Waals surface area contributed by atoms with Gasteiger partial charge in [0.1, 0.15) is 21.1 Å². The third-order valence-corrected chi connectivity index (χ3v) is 9.15. The summed E-state index contributed by atoms with van der Waals surface area (Å²) in [6, 6.07) is 9.29. The standard InChI is InChI=1S/C26H31N5O4S.C5H10O2S/c1-16(2)28-24(33)26(4,5)31-21(32)20-17(3)22(30-14-9-13-27-30)36-23(20)29(25(31)34)15-12-18-10-7-8-11-19(18)35-6;8-7-5-1-3-6-4-2-5/h7-11,13-14,16H,12,15H2,1-6H3,(H,28,33);5,8H,1-4H2. The Morgan fingerprint density at radius 2 is 1.91 bits per heavy atom. The van der Waals surface area contributed by atoms with Gasteiger partial charge in [-0.25, -0.2) is 14.0 Å². The van der Waals surface area contributed by atoms with Crippen molar-refractivity contribution in [3.63, 3.8) is 0 Å². The van der Waals surface area contributed by atoms with E-state index in [1.54, 1.807) is 48.7 Å². The van der Waals surface area contributed by atoms with Crippen LogP contribution in [0, 0.1) is 6.92 Å². The molecular weight excluding hydrogens is 603 g/mol. The van der Waals surface area contributed by atoms with Crippen molar-refractivity contribution in [2.75, 3.05) is 20.3 Å². The monoisotopic (exact) mass is 643 g/mol. The molecule has 0 aliphatic carbocycles. The van der Waals surface area contributed by atoms with E-state index in [2.05, 4.69) is 23.3 Å². The number of thiophene rings is 1. The number of aromatic nitrogens is 4. The molecule has 3 aromatic heterocycles. The van der Waals surface area contributed by atoms with Gasteiger partial charge in [-0.3, -0.25) is 14.2 Å². The molecule has 1 N–H and O–H groups in total. The Bertz CT molecular complexity index is 1680. The summed E-state index contributed by atoms with van der Waals surface area (Å²) in [5.41, 5.74) is -0.767. The van der Waals surface area contributed by atoms with Gasteiger partial charge in [-0.15, -0.1) is 0 Å². The van der Waals surface area contributed by atoms with Crippen molar-refractivity contribution < 1.29 is 18.5 Å². The van der Waals surface area contributed by atoms with Gasteiger partial charge in [0.15, 0.2) is 0 Å². The number of rotatable bonds is 9. The van der Waals surface area contributed by atoms with Gasteiger partial charge in [0.05, 0.1) is 18.6 Å². The number of methoxy groups -OCH3 is 1. The summed E-state index contributed by atoms with van der Waals surface area (Å²) in [4.78, 5) is 41.4. The lowest BCUT2D eigenvalue weighted by molar-refractivity contribution is -0.129. The zero-order valence-corrected chi connectivity index (χ0v) is 27.7. The number of hydrogen-bond donors (Lipinski definition) is 2. The lowest BCUT2D eigenvalue weighted by Gasteiger charge is -2.27. The number of carbonyl (C=O) groups is 1. The van der Waals surface area contributed by atoms with Gasteiger partial charge in [-0.05, 0) is 84.5 Å². The Hall–Kier alpha value is -3.39. The number of thiol groups is 1. The number of para-hydroxylation sites is 1. The van der Waals surface area contributed by atoms with Crippen LogP contribution in [-0.4, -0.2) is 57.3 Å². The van der Waals surface area contributed by atoms with Gasteiger partial charge >= 0.3 is 5.69 Å². The van der Waals surface area contributed by atoms with E-state index in [1.807, 2.05) is 45.0 Å². The molecule has 1 aliphatic rings. The fourth-order valence-corrected chi connectivity index (χ4v) is 6.57. The second-order valence-corrected chi connectivity index (χ2v) is 12.6. The molecule has 5 rings (SSSR count). The SMILES string of the molecule is COc1ccccc1CCn1c(=O)n(C(C)(C)C(=O)NC(C)C)c(=O)c2c(C)c(-n3cccn3)sc21.SOC1CCOCC1. The van der Waals surface area contributed by atoms with Crippen molar-refractivity contribution in [3.8, 4) is 10.8 Å². The maximum atomic E-state index is 13.9. The Morgan fingerprint density at radius 1 is 1.20 bits per heavy atom. The van der Waals surface area contributed by atoms with Crippen LogP contribution in [0.3, 0.4) is 0 Å². The third kappa shape index (κ3) is 7.12. The van der Waals surface area contributed by atoms with Gasteiger partial charge in [-0.1, -0.05) is 29.5 Å². The first-order valence-electron chi connectivity index (χ1n) is 14.6. The van der Waals surface area contributed by atoms with Gasteiger partial charge in [0.2, 0.25) is 5.91 Å². The van der Waals surface area contributed by atoms with Gasteiger partial charge in [0, 0.05) is 43.8 Å². The Kier molecular flexibility index (Phi) is 11.1. The van der Waals surface area contributed by atoms with Crippen LogP contribution < -0.4 is 21.3 Å². The lowest BCUT2D eigenvalue weighted by atomic mass is 10.0. The van der Waals surface area contributed by atoms with Crippen LogP contribution >= 0.6 is 24.2 Å². The van der Waals surface area contributed by atoms with Crippen molar-refractivity contribution in [2.45, 2.75) is 78.1 Å². The largest absolute Gasteiger partial charge is 0.496 e. The smallest absolute Gasteiger partial charge is 0.333 e. The van der Waals surface area contributed by atoms with Crippen molar-refractivity contribution in [2.24, 2.45) is 0 Å². The minimum atomic E-state index is -1.40. The summed E-state index contributed by atoms with van der Waals surface area (Å²) in [5, 5.41) is 8.33. The number of carbonyl (C=O) groups excluding carboxylic acids is 1. The molecule has 1 aromatic carbocycles. The van der Waals surface area contributed by atoms with E-state index in [1.165, 1.54) is 11.3 Å². The van der Waals surface area contributed by atoms with Crippen molar-refractivity contribution in [1.29, 1.82) is 0 Å². The first-order valence-corrected chi connectivity index (χ1v) is 15.8. The number of fused-ring (bicyclic) bond motifs is 1. The van der Waals surface area contributed by atoms with Crippen LogP contribution in [0.15, 0.2) is 52.3 Å². The van der Waals surface area contributed by atoms with E-state index in [0.29, 0.717) is 34.8 Å². The number of ether oxygens (including phenoxy) is 2. The highest BCUT2D eigenvalue weighted by molar-refractivity contribution is 7.75. The number of amides is 1. The molecule has 238 valence electrons. The van der Waals surface area contributed by atoms with Gasteiger partial charge in [-0.2, -0.15) is 5.10 Å². The van der Waals surface area contributed by atoms with Crippen LogP contribution in [0.25, 0.3) is 15.2 Å². The molecule has 1 saturated heterocycles. The van der Waals surface area contributed by atoms with E-state index in [0.717, 1.165) is 46.9 Å². The summed E-state index contributed by atoms with van der Waals surface area (Å²) in [5.74, 6) is 0.332. The molecule has 4 heterocycles. The molecule has 0 spiro atoms. The van der Waals surface area contributed by atoms with E-state index in [-0.39, 0.29) is 6.04 Å². The summed E-state index contributed by atoms with van der Waals surface area (Å²) in [7, 11) is 1.61. The topological polar surface area (TPSA) is 119 Å². The molecular formula is C31H41N5O6S2. The molecule has 1 amide bonds. The second kappa shape index (κ2) is 14.6. The molecule has 1 fully saturated rings. The van der Waals surface area contributed by atoms with E-state index < -0.39 is 22.7 Å². The molecule has 11 nitrogen and oxygen atoms in total. The Labute approximate surface area is 266 Å². The predicted molar refractivity (Wildman–Crippen MR) is 175 cm³/mol. The maximum absolute atomic E-state index is 13.9. The van der Waals surface area contributed by atoms with Crippen molar-refractivity contribution in [1.82, 2.24) is 24.2 Å². The first-order chi connectivity index (χ1) is 21.0. The summed E-state index contributed by atoms with van der Waals surface area (Å²) in [6.45, 7) is 10.7. The molecule has 0 radical (unpaired) electrons. The molecule has 0 bridgehead atoms. The zero-order valence-electron chi connectivity index (χ0n) is 26.0. The summed E-state index contributed by atoms with van der Waals surface area (Å²) in [6.07, 6.45) is 6.27. The van der Waals surface area contributed by atoms with Gasteiger partial charge in [0.25, 0.3) is 5.56 Å². The molecule has 0 unspecified atom stereocenters. The molecule has 1 aliphatic heterocycles. The number of aryl methyl sites for hydroxylation is 3. The fraction of sp³-hybridized carbons (Fsp3) is 0.484. The minimum Gasteiger partial charge on any atom is -0.496 e.